The van der Waals surface area contributed by atoms with E-state index in [-0.39, 0.29) is 5.70 Å². The topological polar surface area (TPSA) is 52.4 Å². The first-order valence-electron chi connectivity index (χ1n) is 6.34. The Morgan fingerprint density at radius 2 is 1.83 bits per heavy atom. The Balaban J connectivity index is 2.22. The van der Waals surface area contributed by atoms with Crippen LogP contribution < -0.4 is 4.74 Å². The van der Waals surface area contributed by atoms with E-state index in [4.69, 9.17) is 27.9 Å². The predicted molar refractivity (Wildman–Crippen MR) is 96.6 cm³/mol. The van der Waals surface area contributed by atoms with Crippen molar-refractivity contribution in [2.45, 2.75) is 6.10 Å². The molecule has 8 heteroatoms. The van der Waals surface area contributed by atoms with Gasteiger partial charge < -0.3 is 4.74 Å². The van der Waals surface area contributed by atoms with Crippen LogP contribution in [0.4, 0.5) is 0 Å². The van der Waals surface area contributed by atoms with Crippen LogP contribution in [-0.4, -0.2) is 4.92 Å². The highest BCUT2D eigenvalue weighted by Crippen LogP contribution is 2.45. The van der Waals surface area contributed by atoms with Gasteiger partial charge in [0.1, 0.15) is 5.75 Å². The molecule has 1 heterocycles. The summed E-state index contributed by atoms with van der Waals surface area (Å²) in [6, 6.07) is 8.46. The molecule has 0 saturated carbocycles. The number of hydrogen-bond acceptors (Lipinski definition) is 3. The summed E-state index contributed by atoms with van der Waals surface area (Å²) in [7, 11) is 0. The van der Waals surface area contributed by atoms with E-state index in [0.29, 0.717) is 31.4 Å². The monoisotopic (exact) mass is 477 g/mol. The van der Waals surface area contributed by atoms with Crippen LogP contribution in [0.15, 0.2) is 45.0 Å². The molecule has 0 amide bonds. The van der Waals surface area contributed by atoms with E-state index in [1.165, 1.54) is 6.08 Å². The third-order valence-electron chi connectivity index (χ3n) is 3.32. The molecular formula is C15H7Br2Cl2NO3. The normalized spacial score (nSPS) is 16.3. The number of nitrogens with zero attached hydrogens (tertiary/aromatic N) is 1. The van der Waals surface area contributed by atoms with E-state index in [2.05, 4.69) is 31.9 Å². The fourth-order valence-electron chi connectivity index (χ4n) is 2.34. The smallest absolute Gasteiger partial charge is 0.291 e. The number of rotatable bonds is 2. The van der Waals surface area contributed by atoms with Gasteiger partial charge in [0.2, 0.25) is 6.10 Å². The highest BCUT2D eigenvalue weighted by Gasteiger charge is 2.36. The van der Waals surface area contributed by atoms with Gasteiger partial charge in [-0.05, 0) is 40.2 Å². The third kappa shape index (κ3) is 3.13. The maximum atomic E-state index is 11.5. The Labute approximate surface area is 158 Å². The number of hydrogen-bond donors (Lipinski definition) is 0. The lowest BCUT2D eigenvalue weighted by atomic mass is 10.0. The van der Waals surface area contributed by atoms with Crippen molar-refractivity contribution in [1.29, 1.82) is 0 Å². The van der Waals surface area contributed by atoms with Gasteiger partial charge in [0.15, 0.2) is 0 Å². The van der Waals surface area contributed by atoms with E-state index in [0.717, 1.165) is 4.47 Å². The summed E-state index contributed by atoms with van der Waals surface area (Å²) in [5, 5.41) is 12.1. The predicted octanol–water partition coefficient (Wildman–Crippen LogP) is 6.27. The zero-order chi connectivity index (χ0) is 16.7. The molecule has 0 saturated heterocycles. The molecule has 0 bridgehead atoms. The van der Waals surface area contributed by atoms with Crippen LogP contribution in [0.1, 0.15) is 17.2 Å². The van der Waals surface area contributed by atoms with Gasteiger partial charge in [-0.3, -0.25) is 10.1 Å². The van der Waals surface area contributed by atoms with Crippen LogP contribution in [0.3, 0.4) is 0 Å². The van der Waals surface area contributed by atoms with Crippen LogP contribution in [0.25, 0.3) is 6.08 Å². The van der Waals surface area contributed by atoms with Crippen LogP contribution in [0.5, 0.6) is 5.75 Å². The van der Waals surface area contributed by atoms with E-state index in [9.17, 15) is 10.1 Å². The average Bonchev–Trinajstić information content (AvgIpc) is 2.46. The van der Waals surface area contributed by atoms with Crippen molar-refractivity contribution < 1.29 is 9.66 Å². The first-order valence-corrected chi connectivity index (χ1v) is 8.68. The number of fused-ring (bicyclic) bond motifs is 1. The van der Waals surface area contributed by atoms with E-state index < -0.39 is 11.0 Å². The summed E-state index contributed by atoms with van der Waals surface area (Å²) in [5.74, 6) is 0.500. The molecule has 1 aliphatic rings. The molecule has 0 spiro atoms. The molecule has 0 N–H and O–H groups in total. The number of benzene rings is 2. The lowest BCUT2D eigenvalue weighted by molar-refractivity contribution is -0.434. The van der Waals surface area contributed by atoms with Crippen LogP contribution >= 0.6 is 55.1 Å². The molecule has 23 heavy (non-hydrogen) atoms. The molecule has 3 rings (SSSR count). The second kappa shape index (κ2) is 6.43. The summed E-state index contributed by atoms with van der Waals surface area (Å²) < 4.78 is 7.35. The molecule has 118 valence electrons. The van der Waals surface area contributed by atoms with Crippen molar-refractivity contribution >= 4 is 61.1 Å². The van der Waals surface area contributed by atoms with Crippen molar-refractivity contribution in [3.8, 4) is 5.75 Å². The maximum absolute atomic E-state index is 11.5. The van der Waals surface area contributed by atoms with E-state index in [1.807, 2.05) is 0 Å². The minimum Gasteiger partial charge on any atom is -0.472 e. The fourth-order valence-corrected chi connectivity index (χ4v) is 4.29. The fraction of sp³-hybridized carbons (Fsp3) is 0.0667. The van der Waals surface area contributed by atoms with Crippen molar-refractivity contribution in [2.24, 2.45) is 0 Å². The van der Waals surface area contributed by atoms with E-state index >= 15 is 0 Å². The SMILES string of the molecule is O=[N+]([O-])C1=Cc2cc(Br)cc(Br)c2OC1c1c(Cl)cccc1Cl. The molecule has 4 nitrogen and oxygen atoms in total. The second-order valence-electron chi connectivity index (χ2n) is 4.77. The quantitative estimate of drug-likeness (QED) is 0.377. The van der Waals surface area contributed by atoms with Gasteiger partial charge in [0, 0.05) is 31.7 Å². The Morgan fingerprint density at radius 3 is 2.43 bits per heavy atom. The lowest BCUT2D eigenvalue weighted by Gasteiger charge is -2.25. The standard InChI is InChI=1S/C15H7Br2Cl2NO3/c16-8-4-7-5-12(20(21)22)15(23-14(7)9(17)6-8)13-10(18)2-1-3-11(13)19/h1-6,15H. The Morgan fingerprint density at radius 1 is 1.17 bits per heavy atom. The van der Waals surface area contributed by atoms with Gasteiger partial charge in [-0.15, -0.1) is 0 Å². The first kappa shape index (κ1) is 16.8. The Bertz CT molecular complexity index is 835. The summed E-state index contributed by atoms with van der Waals surface area (Å²) in [5.41, 5.74) is 0.842. The van der Waals surface area contributed by atoms with Crippen molar-refractivity contribution in [3.05, 3.63) is 76.3 Å². The van der Waals surface area contributed by atoms with Crippen molar-refractivity contribution in [3.63, 3.8) is 0 Å². The lowest BCUT2D eigenvalue weighted by Crippen LogP contribution is -2.20. The summed E-state index contributed by atoms with van der Waals surface area (Å²) in [4.78, 5) is 11.0. The molecule has 0 radical (unpaired) electrons. The van der Waals surface area contributed by atoms with Crippen LogP contribution in [0, 0.1) is 10.1 Å². The van der Waals surface area contributed by atoms with E-state index in [1.54, 1.807) is 30.3 Å². The molecule has 0 fully saturated rings. The minimum atomic E-state index is -0.990. The highest BCUT2D eigenvalue weighted by atomic mass is 79.9. The molecule has 2 aromatic rings. The van der Waals surface area contributed by atoms with Gasteiger partial charge in [-0.25, -0.2) is 0 Å². The van der Waals surface area contributed by atoms with Crippen molar-refractivity contribution in [2.75, 3.05) is 0 Å². The van der Waals surface area contributed by atoms with Crippen LogP contribution in [0.2, 0.25) is 10.0 Å². The molecule has 0 aliphatic carbocycles. The Kier molecular flexibility index (Phi) is 4.69. The van der Waals surface area contributed by atoms with Gasteiger partial charge in [0.05, 0.1) is 9.40 Å². The van der Waals surface area contributed by atoms with Gasteiger partial charge in [-0.2, -0.15) is 0 Å². The second-order valence-corrected chi connectivity index (χ2v) is 7.35. The Hall–Kier alpha value is -1.08. The van der Waals surface area contributed by atoms with Crippen molar-refractivity contribution in [1.82, 2.24) is 0 Å². The molecule has 1 aliphatic heterocycles. The summed E-state index contributed by atoms with van der Waals surface area (Å²) in [6.07, 6.45) is 0.481. The average molecular weight is 480 g/mol. The maximum Gasteiger partial charge on any atom is 0.291 e. The number of nitro groups is 1. The van der Waals surface area contributed by atoms with Crippen LogP contribution in [-0.2, 0) is 0 Å². The molecular weight excluding hydrogens is 473 g/mol. The van der Waals surface area contributed by atoms with Gasteiger partial charge in [0.25, 0.3) is 5.70 Å². The molecule has 1 atom stereocenters. The number of halogens is 4. The van der Waals surface area contributed by atoms with Gasteiger partial charge in [-0.1, -0.05) is 45.2 Å². The third-order valence-corrected chi connectivity index (χ3v) is 5.02. The first-order chi connectivity index (χ1) is 10.9. The van der Waals surface area contributed by atoms with Gasteiger partial charge >= 0.3 is 0 Å². The highest BCUT2D eigenvalue weighted by molar-refractivity contribution is 9.11. The largest absolute Gasteiger partial charge is 0.472 e. The zero-order valence-corrected chi connectivity index (χ0v) is 15.9. The number of ether oxygens (including phenoxy) is 1. The summed E-state index contributed by atoms with van der Waals surface area (Å²) >= 11 is 19.1. The molecule has 2 aromatic carbocycles. The molecule has 0 aromatic heterocycles. The molecule has 1 unspecified atom stereocenters. The summed E-state index contributed by atoms with van der Waals surface area (Å²) in [6.45, 7) is 0. The minimum absolute atomic E-state index is 0.127. The zero-order valence-electron chi connectivity index (χ0n) is 11.2.